The van der Waals surface area contributed by atoms with Crippen LogP contribution in [-0.4, -0.2) is 56.2 Å². The highest BCUT2D eigenvalue weighted by Gasteiger charge is 2.43. The second-order valence-electron chi connectivity index (χ2n) is 9.75. The number of anilines is 2. The lowest BCUT2D eigenvalue weighted by atomic mass is 9.91. The van der Waals surface area contributed by atoms with Gasteiger partial charge >= 0.3 is 0 Å². The Bertz CT molecular complexity index is 1480. The molecule has 6 rings (SSSR count). The summed E-state index contributed by atoms with van der Waals surface area (Å²) in [5, 5.41) is 24.6. The maximum atomic E-state index is 15.8. The minimum atomic E-state index is -1.09. The highest BCUT2D eigenvalue weighted by atomic mass is 35.5. The van der Waals surface area contributed by atoms with Gasteiger partial charge in [0.05, 0.1) is 34.3 Å². The van der Waals surface area contributed by atoms with Crippen LogP contribution in [0.4, 0.5) is 20.3 Å². The summed E-state index contributed by atoms with van der Waals surface area (Å²) in [5.74, 6) is -1.22. The highest BCUT2D eigenvalue weighted by molar-refractivity contribution is 6.36. The van der Waals surface area contributed by atoms with E-state index in [9.17, 15) is 14.3 Å². The number of fused-ring (bicyclic) bond motifs is 2. The van der Waals surface area contributed by atoms with Gasteiger partial charge in [-0.2, -0.15) is 10.2 Å². The number of aromatic nitrogens is 4. The quantitative estimate of drug-likeness (QED) is 0.358. The number of aliphatic hydroxyl groups excluding tert-OH is 1. The van der Waals surface area contributed by atoms with Crippen LogP contribution in [0.1, 0.15) is 32.1 Å². The van der Waals surface area contributed by atoms with Crippen molar-refractivity contribution < 1.29 is 18.7 Å². The van der Waals surface area contributed by atoms with E-state index in [1.54, 1.807) is 35.1 Å². The lowest BCUT2D eigenvalue weighted by Crippen LogP contribution is -2.37. The molecule has 3 heterocycles. The first kappa shape index (κ1) is 23.2. The van der Waals surface area contributed by atoms with Crippen molar-refractivity contribution in [3.05, 3.63) is 41.4 Å². The first-order chi connectivity index (χ1) is 17.3. The summed E-state index contributed by atoms with van der Waals surface area (Å²) in [6.45, 7) is 0. The van der Waals surface area contributed by atoms with Crippen LogP contribution in [0.5, 0.6) is 0 Å². The number of carbonyl (C=O) groups excluding carboxylic acids is 1. The van der Waals surface area contributed by atoms with Crippen molar-refractivity contribution in [2.75, 3.05) is 17.3 Å². The molecule has 4 aromatic rings. The number of halogens is 3. The fraction of sp³-hybridized carbons (Fsp3) is 0.400. The third-order valence-electron chi connectivity index (χ3n) is 7.38. The molecule has 2 unspecified atom stereocenters. The van der Waals surface area contributed by atoms with Crippen molar-refractivity contribution in [3.8, 4) is 11.1 Å². The lowest BCUT2D eigenvalue weighted by molar-refractivity contribution is -0.117. The van der Waals surface area contributed by atoms with Gasteiger partial charge in [-0.05, 0) is 49.8 Å². The van der Waals surface area contributed by atoms with E-state index in [0.29, 0.717) is 51.9 Å². The topological polar surface area (TPSA) is 98.5 Å². The zero-order chi connectivity index (χ0) is 25.1. The molecule has 36 heavy (non-hydrogen) atoms. The number of rotatable bonds is 5. The molecule has 2 fully saturated rings. The van der Waals surface area contributed by atoms with E-state index in [4.69, 9.17) is 11.6 Å². The normalized spacial score (nSPS) is 23.8. The Morgan fingerprint density at radius 1 is 1.31 bits per heavy atom. The van der Waals surface area contributed by atoms with E-state index < -0.39 is 17.9 Å². The van der Waals surface area contributed by atoms with Crippen LogP contribution in [0.3, 0.4) is 0 Å². The average Bonchev–Trinajstić information content (AvgIpc) is 3.22. The first-order valence-corrected chi connectivity index (χ1v) is 12.4. The predicted molar refractivity (Wildman–Crippen MR) is 134 cm³/mol. The Morgan fingerprint density at radius 2 is 2.06 bits per heavy atom. The molecule has 8 nitrogen and oxygen atoms in total. The standard InChI is InChI=1S/C25H25ClF2N6O2/c1-33(13-2-4-15(35)5-3-13)24-22(28)21(26)20(17-11-29-31-23(17)24)12-6-7-34-14(8-12)9-19(32-34)30-25(36)16-10-18(16)27/h6-9,11,13,15-16,18,35H,2-5,10H2,1H3,(H,29,31)(H,30,32,36). The summed E-state index contributed by atoms with van der Waals surface area (Å²) >= 11 is 6.66. The van der Waals surface area contributed by atoms with Crippen LogP contribution in [0.25, 0.3) is 27.5 Å². The molecule has 2 aliphatic carbocycles. The number of pyridine rings is 1. The van der Waals surface area contributed by atoms with Gasteiger partial charge in [0.1, 0.15) is 11.9 Å². The van der Waals surface area contributed by atoms with Gasteiger partial charge in [0.2, 0.25) is 5.91 Å². The molecule has 0 bridgehead atoms. The van der Waals surface area contributed by atoms with Crippen LogP contribution in [-0.2, 0) is 4.79 Å². The minimum Gasteiger partial charge on any atom is -0.393 e. The number of carbonyl (C=O) groups is 1. The van der Waals surface area contributed by atoms with Gasteiger partial charge in [-0.25, -0.2) is 13.3 Å². The molecule has 188 valence electrons. The molecule has 0 aliphatic heterocycles. The fourth-order valence-corrected chi connectivity index (χ4v) is 5.51. The largest absolute Gasteiger partial charge is 0.393 e. The molecule has 3 N–H and O–H groups in total. The van der Waals surface area contributed by atoms with E-state index in [0.717, 1.165) is 12.8 Å². The van der Waals surface area contributed by atoms with Gasteiger partial charge < -0.3 is 15.3 Å². The number of aromatic amines is 1. The number of H-pyrrole nitrogens is 1. The van der Waals surface area contributed by atoms with Gasteiger partial charge in [-0.3, -0.25) is 9.89 Å². The number of hydrogen-bond donors (Lipinski definition) is 3. The number of amides is 1. The Hall–Kier alpha value is -3.24. The SMILES string of the molecule is CN(c1c(F)c(Cl)c(-c2ccn3nc(NC(=O)C4CC4F)cc3c2)c2cn[nH]c12)C1CCC(O)CC1. The number of aliphatic hydroxyl groups is 1. The second kappa shape index (κ2) is 8.70. The lowest BCUT2D eigenvalue weighted by Gasteiger charge is -2.35. The van der Waals surface area contributed by atoms with Gasteiger partial charge in [0.15, 0.2) is 11.6 Å². The van der Waals surface area contributed by atoms with Crippen LogP contribution < -0.4 is 10.2 Å². The van der Waals surface area contributed by atoms with Crippen molar-refractivity contribution in [3.63, 3.8) is 0 Å². The number of nitrogens with zero attached hydrogens (tertiary/aromatic N) is 4. The Balaban J connectivity index is 1.37. The maximum absolute atomic E-state index is 15.8. The Kier molecular flexibility index (Phi) is 5.60. The number of nitrogens with one attached hydrogen (secondary N) is 2. The summed E-state index contributed by atoms with van der Waals surface area (Å²) < 4.78 is 30.6. The summed E-state index contributed by atoms with van der Waals surface area (Å²) in [7, 11) is 1.85. The monoisotopic (exact) mass is 514 g/mol. The zero-order valence-electron chi connectivity index (χ0n) is 19.5. The number of alkyl halides is 1. The van der Waals surface area contributed by atoms with Crippen molar-refractivity contribution in [1.29, 1.82) is 0 Å². The molecule has 11 heteroatoms. The van der Waals surface area contributed by atoms with Crippen LogP contribution in [0.2, 0.25) is 5.02 Å². The van der Waals surface area contributed by atoms with Gasteiger partial charge in [-0.15, -0.1) is 0 Å². The predicted octanol–water partition coefficient (Wildman–Crippen LogP) is 4.71. The third-order valence-corrected chi connectivity index (χ3v) is 7.74. The van der Waals surface area contributed by atoms with Crippen molar-refractivity contribution >= 4 is 45.4 Å². The molecule has 0 saturated heterocycles. The molecule has 0 spiro atoms. The molecule has 1 amide bonds. The van der Waals surface area contributed by atoms with Gasteiger partial charge in [0, 0.05) is 36.3 Å². The first-order valence-electron chi connectivity index (χ1n) is 12.0. The molecule has 2 saturated carbocycles. The molecule has 3 aromatic heterocycles. The van der Waals surface area contributed by atoms with E-state index in [-0.39, 0.29) is 29.5 Å². The van der Waals surface area contributed by atoms with Crippen LogP contribution >= 0.6 is 11.6 Å². The van der Waals surface area contributed by atoms with Crippen molar-refractivity contribution in [2.45, 2.75) is 50.4 Å². The second-order valence-corrected chi connectivity index (χ2v) is 10.1. The molecule has 0 radical (unpaired) electrons. The van der Waals surface area contributed by atoms with E-state index in [2.05, 4.69) is 20.6 Å². The van der Waals surface area contributed by atoms with E-state index in [1.807, 2.05) is 11.9 Å². The fourth-order valence-electron chi connectivity index (χ4n) is 5.20. The van der Waals surface area contributed by atoms with E-state index >= 15 is 4.39 Å². The summed E-state index contributed by atoms with van der Waals surface area (Å²) in [5.41, 5.74) is 2.73. The van der Waals surface area contributed by atoms with Crippen molar-refractivity contribution in [1.82, 2.24) is 19.8 Å². The third kappa shape index (κ3) is 3.88. The van der Waals surface area contributed by atoms with Gasteiger partial charge in [-0.1, -0.05) is 11.6 Å². The van der Waals surface area contributed by atoms with Crippen LogP contribution in [0.15, 0.2) is 30.6 Å². The molecular weight excluding hydrogens is 490 g/mol. The van der Waals surface area contributed by atoms with E-state index in [1.165, 1.54) is 0 Å². The molecule has 2 atom stereocenters. The van der Waals surface area contributed by atoms with Crippen LogP contribution in [0, 0.1) is 11.7 Å². The highest BCUT2D eigenvalue weighted by Crippen LogP contribution is 2.44. The number of benzene rings is 1. The summed E-state index contributed by atoms with van der Waals surface area (Å²) in [6.07, 6.45) is 5.05. The minimum absolute atomic E-state index is 0.0123. The smallest absolute Gasteiger partial charge is 0.231 e. The van der Waals surface area contributed by atoms with Crippen molar-refractivity contribution in [2.24, 2.45) is 5.92 Å². The maximum Gasteiger partial charge on any atom is 0.231 e. The number of hydrogen-bond acceptors (Lipinski definition) is 5. The average molecular weight is 515 g/mol. The Labute approximate surface area is 210 Å². The zero-order valence-corrected chi connectivity index (χ0v) is 20.3. The van der Waals surface area contributed by atoms with Gasteiger partial charge in [0.25, 0.3) is 0 Å². The summed E-state index contributed by atoms with van der Waals surface area (Å²) in [4.78, 5) is 14.0. The summed E-state index contributed by atoms with van der Waals surface area (Å²) in [6, 6.07) is 5.32. The molecule has 1 aromatic carbocycles. The Morgan fingerprint density at radius 3 is 2.78 bits per heavy atom. The molecule has 2 aliphatic rings. The molecular formula is C25H25ClF2N6O2.